The van der Waals surface area contributed by atoms with Crippen LogP contribution in [0.1, 0.15) is 120 Å². The molecular formula is C42H72O12. The molecule has 0 radical (unpaired) electrons. The molecule has 0 amide bonds. The minimum Gasteiger partial charge on any atom is -0.393 e. The van der Waals surface area contributed by atoms with Crippen LogP contribution in [-0.2, 0) is 18.9 Å². The highest BCUT2D eigenvalue weighted by Gasteiger charge is 2.71. The van der Waals surface area contributed by atoms with Crippen molar-refractivity contribution in [2.75, 3.05) is 6.61 Å². The van der Waals surface area contributed by atoms with Crippen molar-refractivity contribution in [3.05, 3.63) is 11.6 Å². The lowest BCUT2D eigenvalue weighted by Gasteiger charge is -2.70. The Balaban J connectivity index is 1.26. The van der Waals surface area contributed by atoms with Crippen molar-refractivity contribution in [2.24, 2.45) is 45.3 Å². The van der Waals surface area contributed by atoms with Gasteiger partial charge in [0.05, 0.1) is 30.5 Å². The molecule has 12 nitrogen and oxygen atoms in total. The zero-order valence-electron chi connectivity index (χ0n) is 34.1. The molecule has 8 N–H and O–H groups in total. The highest BCUT2D eigenvalue weighted by atomic mass is 16.7. The first-order valence-corrected chi connectivity index (χ1v) is 20.7. The lowest BCUT2D eigenvalue weighted by atomic mass is 9.35. The van der Waals surface area contributed by atoms with Crippen LogP contribution in [0.15, 0.2) is 11.6 Å². The summed E-state index contributed by atoms with van der Waals surface area (Å²) in [5.41, 5.74) is -0.199. The van der Waals surface area contributed by atoms with Crippen LogP contribution >= 0.6 is 0 Å². The lowest BCUT2D eigenvalue weighted by Crippen LogP contribution is -2.67. The fourth-order valence-corrected chi connectivity index (χ4v) is 13.2. The van der Waals surface area contributed by atoms with E-state index < -0.39 is 73.1 Å². The maximum absolute atomic E-state index is 12.4. The zero-order chi connectivity index (χ0) is 39.9. The fourth-order valence-electron chi connectivity index (χ4n) is 13.2. The molecule has 54 heavy (non-hydrogen) atoms. The van der Waals surface area contributed by atoms with Crippen LogP contribution in [0.4, 0.5) is 0 Å². The number of fused-ring (bicyclic) bond motifs is 5. The van der Waals surface area contributed by atoms with Crippen molar-refractivity contribution in [1.82, 2.24) is 0 Å². The molecule has 0 bridgehead atoms. The number of aliphatic hydroxyl groups is 8. The molecule has 20 atom stereocenters. The van der Waals surface area contributed by atoms with Gasteiger partial charge in [-0.1, -0.05) is 46.3 Å². The van der Waals surface area contributed by atoms with Crippen LogP contribution in [0, 0.1) is 45.3 Å². The topological polar surface area (TPSA) is 199 Å². The van der Waals surface area contributed by atoms with Crippen molar-refractivity contribution >= 4 is 0 Å². The molecule has 2 heterocycles. The van der Waals surface area contributed by atoms with E-state index in [9.17, 15) is 40.9 Å². The summed E-state index contributed by atoms with van der Waals surface area (Å²) < 4.78 is 24.4. The van der Waals surface area contributed by atoms with Gasteiger partial charge in [-0.05, 0) is 131 Å². The minimum atomic E-state index is -1.63. The normalized spacial score (nSPS) is 52.8. The third-order valence-corrected chi connectivity index (χ3v) is 16.6. The van der Waals surface area contributed by atoms with Gasteiger partial charge in [-0.25, -0.2) is 0 Å². The van der Waals surface area contributed by atoms with E-state index in [1.807, 2.05) is 20.8 Å². The third-order valence-electron chi connectivity index (χ3n) is 16.6. The first kappa shape index (κ1) is 42.9. The summed E-state index contributed by atoms with van der Waals surface area (Å²) in [6, 6.07) is 0. The van der Waals surface area contributed by atoms with Gasteiger partial charge in [0.15, 0.2) is 12.6 Å². The average molecular weight is 769 g/mol. The summed E-state index contributed by atoms with van der Waals surface area (Å²) in [6.07, 6.45) is -5.15. The summed E-state index contributed by atoms with van der Waals surface area (Å²) in [5, 5.41) is 87.7. The molecule has 6 fully saturated rings. The SMILES string of the molecule is CC(C)=CCC[C@](C)(O[C@@H]1O[C@H](CO[C@@H]2O[C@@H](C)[C@H](O)[C@@H](O)[C@H]2O)[C@@H](O)[C@H](O)[C@H]1O)[C@H]1CC[C@]2(C)[C@@H]1[C@H](O)C[C@@H]1[C@@]3(C)CC[C@H](O)C(C)(C)[C@@H]3CC[C@]12C. The summed E-state index contributed by atoms with van der Waals surface area (Å²) in [7, 11) is 0. The molecule has 12 heteroatoms. The van der Waals surface area contributed by atoms with Crippen molar-refractivity contribution in [2.45, 2.75) is 199 Å². The molecule has 0 aromatic rings. The van der Waals surface area contributed by atoms with Gasteiger partial charge in [0.25, 0.3) is 0 Å². The Kier molecular flexibility index (Phi) is 12.0. The van der Waals surface area contributed by atoms with Crippen LogP contribution in [0.3, 0.4) is 0 Å². The van der Waals surface area contributed by atoms with E-state index in [2.05, 4.69) is 40.7 Å². The molecule has 6 aliphatic rings. The van der Waals surface area contributed by atoms with E-state index >= 15 is 0 Å². The van der Waals surface area contributed by atoms with Crippen LogP contribution in [-0.4, -0.2) is 127 Å². The molecule has 2 aliphatic heterocycles. The van der Waals surface area contributed by atoms with Gasteiger partial charge < -0.3 is 59.8 Å². The molecule has 0 unspecified atom stereocenters. The summed E-state index contributed by atoms with van der Waals surface area (Å²) >= 11 is 0. The minimum absolute atomic E-state index is 0.00519. The maximum Gasteiger partial charge on any atom is 0.187 e. The molecule has 2 saturated heterocycles. The Labute approximate surface area is 322 Å². The standard InChI is InChI=1S/C42H72O12/c1-21(2)11-10-15-42(9,54-37-35(50)33(48)31(46)25(53-37)20-51-36-34(49)32(47)30(45)22(3)52-36)23-12-17-41(8)29(23)24(43)19-27-39(6)16-14-28(44)38(4,5)26(39)13-18-40(27,41)7/h11,22-37,43-50H,10,12-20H2,1-9H3/t22-,23-,24+,25+,26-,27+,28-,29-,30-,31+,32+,33-,34+,35+,36+,37-,39-,40+,41+,42-/m0/s1. The number of ether oxygens (including phenoxy) is 4. The number of allylic oxidation sites excluding steroid dienone is 2. The summed E-state index contributed by atoms with van der Waals surface area (Å²) in [5.74, 6) is 0.460. The highest BCUT2D eigenvalue weighted by molar-refractivity contribution is 5.20. The molecule has 0 aromatic heterocycles. The van der Waals surface area contributed by atoms with E-state index in [-0.39, 0.29) is 46.2 Å². The predicted molar refractivity (Wildman–Crippen MR) is 200 cm³/mol. The first-order chi connectivity index (χ1) is 25.0. The third kappa shape index (κ3) is 6.87. The summed E-state index contributed by atoms with van der Waals surface area (Å²) in [4.78, 5) is 0. The van der Waals surface area contributed by atoms with Gasteiger partial charge >= 0.3 is 0 Å². The highest BCUT2D eigenvalue weighted by Crippen LogP contribution is 2.76. The van der Waals surface area contributed by atoms with Gasteiger partial charge in [-0.15, -0.1) is 0 Å². The average Bonchev–Trinajstić information content (AvgIpc) is 3.49. The Morgan fingerprint density at radius 2 is 1.37 bits per heavy atom. The van der Waals surface area contributed by atoms with Crippen LogP contribution in [0.2, 0.25) is 0 Å². The zero-order valence-corrected chi connectivity index (χ0v) is 34.1. The van der Waals surface area contributed by atoms with Crippen molar-refractivity contribution < 1.29 is 59.8 Å². The van der Waals surface area contributed by atoms with E-state index in [0.29, 0.717) is 31.1 Å². The number of hydrogen-bond acceptors (Lipinski definition) is 12. The van der Waals surface area contributed by atoms with Crippen molar-refractivity contribution in [3.8, 4) is 0 Å². The summed E-state index contributed by atoms with van der Waals surface area (Å²) in [6.45, 7) is 19.0. The van der Waals surface area contributed by atoms with Gasteiger partial charge in [0.1, 0.15) is 42.7 Å². The van der Waals surface area contributed by atoms with E-state index in [4.69, 9.17) is 18.9 Å². The Morgan fingerprint density at radius 3 is 2.04 bits per heavy atom. The smallest absolute Gasteiger partial charge is 0.187 e. The number of aliphatic hydroxyl groups excluding tert-OH is 8. The molecule has 0 aromatic carbocycles. The van der Waals surface area contributed by atoms with Crippen molar-refractivity contribution in [3.63, 3.8) is 0 Å². The molecule has 6 rings (SSSR count). The van der Waals surface area contributed by atoms with Gasteiger partial charge in [-0.3, -0.25) is 0 Å². The largest absolute Gasteiger partial charge is 0.393 e. The number of rotatable bonds is 9. The van der Waals surface area contributed by atoms with Crippen LogP contribution in [0.25, 0.3) is 0 Å². The van der Waals surface area contributed by atoms with E-state index in [1.165, 1.54) is 6.92 Å². The molecule has 4 saturated carbocycles. The fraction of sp³-hybridized carbons (Fsp3) is 0.952. The lowest BCUT2D eigenvalue weighted by molar-refractivity contribution is -0.348. The maximum atomic E-state index is 12.4. The molecule has 312 valence electrons. The predicted octanol–water partition coefficient (Wildman–Crippen LogP) is 3.18. The van der Waals surface area contributed by atoms with Crippen LogP contribution < -0.4 is 0 Å². The Morgan fingerprint density at radius 1 is 0.741 bits per heavy atom. The van der Waals surface area contributed by atoms with E-state index in [1.54, 1.807) is 0 Å². The van der Waals surface area contributed by atoms with Crippen molar-refractivity contribution in [1.29, 1.82) is 0 Å². The molecule has 4 aliphatic carbocycles. The Bertz CT molecular complexity index is 1360. The molecule has 0 spiro atoms. The quantitative estimate of drug-likeness (QED) is 0.160. The van der Waals surface area contributed by atoms with E-state index in [0.717, 1.165) is 44.1 Å². The second kappa shape index (κ2) is 15.1. The van der Waals surface area contributed by atoms with Crippen LogP contribution in [0.5, 0.6) is 0 Å². The van der Waals surface area contributed by atoms with Gasteiger partial charge in [0.2, 0.25) is 0 Å². The first-order valence-electron chi connectivity index (χ1n) is 20.7. The Hall–Kier alpha value is -0.740. The molecular weight excluding hydrogens is 696 g/mol. The second-order valence-electron chi connectivity index (χ2n) is 20.1. The monoisotopic (exact) mass is 769 g/mol. The number of hydrogen-bond donors (Lipinski definition) is 8. The second-order valence-corrected chi connectivity index (χ2v) is 20.1. The van der Waals surface area contributed by atoms with Gasteiger partial charge in [-0.2, -0.15) is 0 Å². The van der Waals surface area contributed by atoms with Gasteiger partial charge in [0, 0.05) is 0 Å².